The van der Waals surface area contributed by atoms with E-state index >= 15 is 0 Å². The molecule has 8 heterocycles. The monoisotopic (exact) mass is 984 g/mol. The lowest BCUT2D eigenvalue weighted by Gasteiger charge is -2.30. The molecule has 374 valence electrons. The highest BCUT2D eigenvalue weighted by atomic mass is 35.5. The number of nitrogen functional groups attached to an aromatic ring is 1. The Balaban J connectivity index is 0.000000122. The number of aromatic nitrogens is 6. The van der Waals surface area contributed by atoms with Crippen molar-refractivity contribution in [3.05, 3.63) is 86.6 Å². The summed E-state index contributed by atoms with van der Waals surface area (Å²) in [6.07, 6.45) is 13.9. The normalized spacial score (nSPS) is 34.4. The number of hydrogen-bond donors (Lipinski definition) is 4. The van der Waals surface area contributed by atoms with Gasteiger partial charge in [0, 0.05) is 40.0 Å². The van der Waals surface area contributed by atoms with E-state index in [9.17, 15) is 15.5 Å². The van der Waals surface area contributed by atoms with Crippen LogP contribution in [0.1, 0.15) is 108 Å². The van der Waals surface area contributed by atoms with Crippen molar-refractivity contribution in [1.29, 1.82) is 0 Å². The van der Waals surface area contributed by atoms with Gasteiger partial charge in [0.2, 0.25) is 0 Å². The highest BCUT2D eigenvalue weighted by Gasteiger charge is 2.61. The summed E-state index contributed by atoms with van der Waals surface area (Å²) in [5.41, 5.74) is 22.8. The molecule has 5 aliphatic heterocycles. The summed E-state index contributed by atoms with van der Waals surface area (Å²) < 4.78 is 36.4. The van der Waals surface area contributed by atoms with E-state index in [-0.39, 0.29) is 79.2 Å². The molecule has 70 heavy (non-hydrogen) atoms. The molecule has 5 saturated heterocycles. The molecular weight excluding hydrogens is 924 g/mol. The highest BCUT2D eigenvalue weighted by Crippen LogP contribution is 2.52. The molecule has 12 atom stereocenters. The number of allylic oxidation sites excluding steroid dienone is 3. The van der Waals surface area contributed by atoms with Gasteiger partial charge in [-0.3, -0.25) is 0 Å². The molecule has 4 aliphatic carbocycles. The SMILES string of the molecule is CC1(C)O[C@@H]2[C@@H](CO)C[C@@H](C3=CCc4c(N)ncnc43)[C@@H]2O1.CC[C@@H]1[C@H]2OC(C)(C)O[C@H]2[C@H](C2=CCc3c(Cl)ncnc32)N1O.CC[C@@H]1[C@H]2OC(C)(C)O[C@H]2[C@H](C2=CCc3c(N=[N+]=[N-])ncnc32)N1O. The van der Waals surface area contributed by atoms with Gasteiger partial charge in [0.1, 0.15) is 60.2 Å². The molecule has 21 nitrogen and oxygen atoms in total. The number of anilines is 1. The molecule has 12 rings (SSSR count). The molecule has 0 radical (unpaired) electrons. The van der Waals surface area contributed by atoms with Crippen molar-refractivity contribution in [2.24, 2.45) is 17.0 Å². The quantitative estimate of drug-likeness (QED) is 0.0872. The van der Waals surface area contributed by atoms with Gasteiger partial charge in [0.15, 0.2) is 17.4 Å². The smallest absolute Gasteiger partial charge is 0.163 e. The van der Waals surface area contributed by atoms with Gasteiger partial charge in [-0.1, -0.05) is 43.7 Å². The van der Waals surface area contributed by atoms with Gasteiger partial charge >= 0.3 is 0 Å². The summed E-state index contributed by atoms with van der Waals surface area (Å²) in [5.74, 6) is -0.781. The van der Waals surface area contributed by atoms with E-state index < -0.39 is 17.4 Å². The Bertz CT molecular complexity index is 2680. The molecule has 0 bridgehead atoms. The van der Waals surface area contributed by atoms with Crippen molar-refractivity contribution in [3.63, 3.8) is 0 Å². The number of fused-ring (bicyclic) bond motifs is 6. The third kappa shape index (κ3) is 8.41. The first-order valence-electron chi connectivity index (χ1n) is 24.1. The molecule has 3 aromatic heterocycles. The van der Waals surface area contributed by atoms with Crippen molar-refractivity contribution in [1.82, 2.24) is 40.0 Å². The average Bonchev–Trinajstić information content (AvgIpc) is 4.20. The summed E-state index contributed by atoms with van der Waals surface area (Å²) in [6.45, 7) is 15.6. The maximum absolute atomic E-state index is 10.8. The molecule has 22 heteroatoms. The number of halogens is 1. The minimum absolute atomic E-state index is 0.0412. The molecule has 0 spiro atoms. The number of azide groups is 1. The average molecular weight is 986 g/mol. The van der Waals surface area contributed by atoms with Crippen molar-refractivity contribution in [3.8, 4) is 0 Å². The second-order valence-electron chi connectivity index (χ2n) is 20.5. The van der Waals surface area contributed by atoms with Gasteiger partial charge in [-0.05, 0) is 107 Å². The minimum atomic E-state index is -0.688. The molecule has 5 N–H and O–H groups in total. The van der Waals surface area contributed by atoms with Crippen LogP contribution in [0.25, 0.3) is 27.2 Å². The number of aliphatic hydroxyl groups is 1. The molecule has 6 fully saturated rings. The topological polar surface area (TPSA) is 275 Å². The Labute approximate surface area is 410 Å². The fraction of sp³-hybridized carbons (Fsp3) is 0.625. The van der Waals surface area contributed by atoms with Gasteiger partial charge in [-0.25, -0.2) is 29.9 Å². The third-order valence-corrected chi connectivity index (χ3v) is 15.3. The first-order chi connectivity index (χ1) is 33.4. The van der Waals surface area contributed by atoms with Gasteiger partial charge in [-0.15, -0.1) is 0 Å². The van der Waals surface area contributed by atoms with Gasteiger partial charge < -0.3 is 49.7 Å². The van der Waals surface area contributed by atoms with E-state index in [1.165, 1.54) is 29.1 Å². The van der Waals surface area contributed by atoms with E-state index in [1.807, 2.05) is 61.5 Å². The van der Waals surface area contributed by atoms with Crippen LogP contribution in [0.4, 0.5) is 11.6 Å². The summed E-state index contributed by atoms with van der Waals surface area (Å²) in [4.78, 5) is 28.2. The predicted molar refractivity (Wildman–Crippen MR) is 253 cm³/mol. The number of aliphatic hydroxyl groups excluding tert-OH is 1. The molecular formula is C48H61ClN12O9. The Hall–Kier alpha value is -4.58. The lowest BCUT2D eigenvalue weighted by atomic mass is 9.93. The van der Waals surface area contributed by atoms with Crippen LogP contribution in [0.15, 0.2) is 42.3 Å². The van der Waals surface area contributed by atoms with Crippen LogP contribution < -0.4 is 5.73 Å². The molecule has 1 saturated carbocycles. The van der Waals surface area contributed by atoms with Crippen LogP contribution >= 0.6 is 11.6 Å². The lowest BCUT2D eigenvalue weighted by Crippen LogP contribution is -2.41. The third-order valence-electron chi connectivity index (χ3n) is 15.0. The van der Waals surface area contributed by atoms with Crippen molar-refractivity contribution < 1.29 is 43.9 Å². The number of ether oxygens (including phenoxy) is 6. The molecule has 0 aromatic carbocycles. The molecule has 3 aromatic rings. The van der Waals surface area contributed by atoms with Crippen molar-refractivity contribution in [2.75, 3.05) is 12.3 Å². The van der Waals surface area contributed by atoms with E-state index in [1.54, 1.807) is 0 Å². The van der Waals surface area contributed by atoms with Crippen LogP contribution in [0.5, 0.6) is 0 Å². The fourth-order valence-electron chi connectivity index (χ4n) is 12.2. The summed E-state index contributed by atoms with van der Waals surface area (Å²) in [5, 5.41) is 38.0. The zero-order chi connectivity index (χ0) is 49.6. The van der Waals surface area contributed by atoms with Crippen molar-refractivity contribution >= 4 is 40.0 Å². The van der Waals surface area contributed by atoms with Gasteiger partial charge in [0.05, 0.1) is 53.5 Å². The Kier molecular flexibility index (Phi) is 12.9. The van der Waals surface area contributed by atoms with E-state index in [0.29, 0.717) is 35.3 Å². The second kappa shape index (κ2) is 18.5. The summed E-state index contributed by atoms with van der Waals surface area (Å²) in [7, 11) is 0. The standard InChI is InChI=1S/C16H20ClN3O3.C16H20N6O3.C16H21N3O3/c1-4-10-13-14(23-16(2,3)22-13)12(20(10)21)8-5-6-9-11(8)18-7-19-15(9)17;1-4-10-13-14(25-16(2,3)24-13)12(22(10)23)8-5-6-9-11(8)18-7-19-15(9)20-21-17;1-16(2)21-13-8(6-20)5-11(14(13)22-16)9-3-4-10-12(9)18-7-19-15(10)17/h5,7,10,12-14,21H,4,6H2,1-3H3;5,7,10,12-14,23H,4,6H2,1-3H3;3,7-8,11,13-14,20H,4-6H2,1-2H3,(H2,17,18,19)/t2*10-,12+,13-,14+;8-,11+,13-,14+/m111/s1. The second-order valence-corrected chi connectivity index (χ2v) is 20.8. The predicted octanol–water partition coefficient (Wildman–Crippen LogP) is 6.32. The van der Waals surface area contributed by atoms with Crippen LogP contribution in [0, 0.1) is 11.8 Å². The lowest BCUT2D eigenvalue weighted by molar-refractivity contribution is -0.208. The highest BCUT2D eigenvalue weighted by molar-refractivity contribution is 6.30. The fourth-order valence-corrected chi connectivity index (χ4v) is 12.4. The van der Waals surface area contributed by atoms with Crippen LogP contribution in [0.2, 0.25) is 5.15 Å². The van der Waals surface area contributed by atoms with Crippen molar-refractivity contribution in [2.45, 2.75) is 172 Å². The number of hydrogen-bond acceptors (Lipinski definition) is 19. The molecule has 0 unspecified atom stereocenters. The number of rotatable bonds is 7. The Morgan fingerprint density at radius 1 is 0.657 bits per heavy atom. The zero-order valence-electron chi connectivity index (χ0n) is 40.5. The van der Waals surface area contributed by atoms with E-state index in [0.717, 1.165) is 70.5 Å². The van der Waals surface area contributed by atoms with Crippen LogP contribution in [-0.4, -0.2) is 140 Å². The Morgan fingerprint density at radius 2 is 1.11 bits per heavy atom. The minimum Gasteiger partial charge on any atom is -0.396 e. The van der Waals surface area contributed by atoms with Crippen LogP contribution in [-0.2, 0) is 47.7 Å². The maximum Gasteiger partial charge on any atom is 0.163 e. The number of hydroxylamine groups is 4. The van der Waals surface area contributed by atoms with Gasteiger partial charge in [-0.2, -0.15) is 10.1 Å². The van der Waals surface area contributed by atoms with E-state index in [2.05, 4.69) is 52.1 Å². The summed E-state index contributed by atoms with van der Waals surface area (Å²) >= 11 is 6.17. The first-order valence-corrected chi connectivity index (χ1v) is 24.5. The van der Waals surface area contributed by atoms with E-state index in [4.69, 9.17) is 51.3 Å². The number of nitrogens with two attached hydrogens (primary N) is 1. The first kappa shape index (κ1) is 49.0. The molecule has 0 amide bonds. The maximum atomic E-state index is 10.8. The number of nitrogens with zero attached hydrogens (tertiary/aromatic N) is 11. The summed E-state index contributed by atoms with van der Waals surface area (Å²) in [6, 6.07) is -0.945. The largest absolute Gasteiger partial charge is 0.396 e. The van der Waals surface area contributed by atoms with Gasteiger partial charge in [0.25, 0.3) is 0 Å². The Morgan fingerprint density at radius 3 is 1.67 bits per heavy atom. The van der Waals surface area contributed by atoms with Crippen LogP contribution in [0.3, 0.4) is 0 Å². The zero-order valence-corrected chi connectivity index (χ0v) is 41.3. The molecule has 9 aliphatic rings.